The number of nitrogens with one attached hydrogen (secondary N) is 2. The van der Waals surface area contributed by atoms with E-state index in [9.17, 15) is 14.4 Å². The minimum absolute atomic E-state index is 0.166. The Hall–Kier alpha value is -2.87. The highest BCUT2D eigenvalue weighted by Gasteiger charge is 2.27. The van der Waals surface area contributed by atoms with E-state index in [0.717, 1.165) is 10.4 Å². The number of thiophene rings is 1. The SMILES string of the molecule is CCOc1ccc(C(=O)NC(C(=O)Nc2sc(C)c(C)c2C(N)=O)C(C)C)cc1. The first-order valence-electron chi connectivity index (χ1n) is 9.40. The van der Waals surface area contributed by atoms with E-state index in [-0.39, 0.29) is 11.8 Å². The number of carbonyl (C=O) groups is 3. The van der Waals surface area contributed by atoms with Crippen LogP contribution in [0, 0.1) is 19.8 Å². The van der Waals surface area contributed by atoms with Gasteiger partial charge in [0.1, 0.15) is 16.8 Å². The van der Waals surface area contributed by atoms with Gasteiger partial charge >= 0.3 is 0 Å². The Labute approximate surface area is 174 Å². The van der Waals surface area contributed by atoms with E-state index in [2.05, 4.69) is 10.6 Å². The molecule has 0 saturated heterocycles. The lowest BCUT2D eigenvalue weighted by atomic mass is 10.0. The molecular weight excluding hydrogens is 390 g/mol. The normalized spacial score (nSPS) is 11.8. The molecule has 156 valence electrons. The molecule has 1 atom stereocenters. The fraction of sp³-hybridized carbons (Fsp3) is 0.381. The van der Waals surface area contributed by atoms with E-state index < -0.39 is 17.9 Å². The summed E-state index contributed by atoms with van der Waals surface area (Å²) in [5.41, 5.74) is 6.95. The number of benzene rings is 1. The maximum atomic E-state index is 12.9. The predicted octanol–water partition coefficient (Wildman–Crippen LogP) is 3.26. The predicted molar refractivity (Wildman–Crippen MR) is 115 cm³/mol. The van der Waals surface area contributed by atoms with Crippen LogP contribution in [-0.4, -0.2) is 30.4 Å². The van der Waals surface area contributed by atoms with Gasteiger partial charge in [-0.05, 0) is 56.5 Å². The number of rotatable bonds is 8. The van der Waals surface area contributed by atoms with Gasteiger partial charge in [-0.3, -0.25) is 14.4 Å². The Morgan fingerprint density at radius 3 is 2.28 bits per heavy atom. The molecule has 4 N–H and O–H groups in total. The molecule has 7 nitrogen and oxygen atoms in total. The van der Waals surface area contributed by atoms with Crippen molar-refractivity contribution in [3.8, 4) is 5.75 Å². The van der Waals surface area contributed by atoms with Gasteiger partial charge in [-0.1, -0.05) is 13.8 Å². The Morgan fingerprint density at radius 2 is 1.76 bits per heavy atom. The molecule has 1 aromatic heterocycles. The van der Waals surface area contributed by atoms with E-state index in [1.165, 1.54) is 11.3 Å². The first-order chi connectivity index (χ1) is 13.6. The third-order valence-electron chi connectivity index (χ3n) is 4.53. The zero-order valence-corrected chi connectivity index (χ0v) is 18.1. The summed E-state index contributed by atoms with van der Waals surface area (Å²) in [5.74, 6) is -0.856. The molecule has 0 radical (unpaired) electrons. The summed E-state index contributed by atoms with van der Waals surface area (Å²) in [6.45, 7) is 9.74. The number of carbonyl (C=O) groups excluding carboxylic acids is 3. The fourth-order valence-corrected chi connectivity index (χ4v) is 3.90. The molecular formula is C21H27N3O4S. The molecule has 0 aliphatic carbocycles. The Morgan fingerprint density at radius 1 is 1.14 bits per heavy atom. The molecule has 1 heterocycles. The van der Waals surface area contributed by atoms with E-state index in [1.54, 1.807) is 31.2 Å². The maximum Gasteiger partial charge on any atom is 0.251 e. The van der Waals surface area contributed by atoms with Crippen LogP contribution in [0.25, 0.3) is 0 Å². The highest BCUT2D eigenvalue weighted by Crippen LogP contribution is 2.32. The molecule has 2 rings (SSSR count). The standard InChI is InChI=1S/C21H27N3O4S/c1-6-28-15-9-7-14(8-10-15)19(26)23-17(11(2)3)20(27)24-21-16(18(22)25)12(4)13(5)29-21/h7-11,17H,6H2,1-5H3,(H2,22,25)(H,23,26)(H,24,27). The van der Waals surface area contributed by atoms with Crippen LogP contribution in [0.1, 0.15) is 51.9 Å². The summed E-state index contributed by atoms with van der Waals surface area (Å²) in [5, 5.41) is 5.93. The highest BCUT2D eigenvalue weighted by atomic mass is 32.1. The second-order valence-corrected chi connectivity index (χ2v) is 8.22. The summed E-state index contributed by atoms with van der Waals surface area (Å²) in [6, 6.07) is 5.93. The molecule has 3 amide bonds. The van der Waals surface area contributed by atoms with Gasteiger partial charge in [-0.15, -0.1) is 11.3 Å². The number of nitrogens with two attached hydrogens (primary N) is 1. The van der Waals surface area contributed by atoms with Gasteiger partial charge < -0.3 is 21.1 Å². The van der Waals surface area contributed by atoms with Crippen LogP contribution in [0.2, 0.25) is 0 Å². The Kier molecular flexibility index (Phi) is 7.39. The van der Waals surface area contributed by atoms with E-state index in [1.807, 2.05) is 27.7 Å². The van der Waals surface area contributed by atoms with Crippen molar-refractivity contribution in [1.29, 1.82) is 0 Å². The van der Waals surface area contributed by atoms with Gasteiger partial charge in [0.15, 0.2) is 0 Å². The van der Waals surface area contributed by atoms with Crippen LogP contribution in [-0.2, 0) is 4.79 Å². The highest BCUT2D eigenvalue weighted by molar-refractivity contribution is 7.16. The molecule has 0 fully saturated rings. The Bertz CT molecular complexity index is 903. The van der Waals surface area contributed by atoms with Crippen molar-refractivity contribution in [2.24, 2.45) is 11.7 Å². The van der Waals surface area contributed by atoms with E-state index in [0.29, 0.717) is 28.5 Å². The minimum Gasteiger partial charge on any atom is -0.494 e. The summed E-state index contributed by atoms with van der Waals surface area (Å²) < 4.78 is 5.37. The van der Waals surface area contributed by atoms with Crippen LogP contribution in [0.4, 0.5) is 5.00 Å². The fourth-order valence-electron chi connectivity index (χ4n) is 2.83. The third kappa shape index (κ3) is 5.35. The van der Waals surface area contributed by atoms with Gasteiger partial charge in [0.2, 0.25) is 5.91 Å². The molecule has 0 aliphatic rings. The minimum atomic E-state index is -0.780. The van der Waals surface area contributed by atoms with Gasteiger partial charge in [0, 0.05) is 10.4 Å². The van der Waals surface area contributed by atoms with Crippen LogP contribution in [0.5, 0.6) is 5.75 Å². The van der Waals surface area contributed by atoms with Crippen molar-refractivity contribution in [2.45, 2.75) is 40.7 Å². The summed E-state index contributed by atoms with van der Waals surface area (Å²) in [4.78, 5) is 38.2. The zero-order chi connectivity index (χ0) is 21.7. The molecule has 8 heteroatoms. The molecule has 0 saturated carbocycles. The number of hydrogen-bond acceptors (Lipinski definition) is 5. The van der Waals surface area contributed by atoms with Gasteiger partial charge in [0.05, 0.1) is 12.2 Å². The monoisotopic (exact) mass is 417 g/mol. The summed E-state index contributed by atoms with van der Waals surface area (Å²) in [6.07, 6.45) is 0. The number of ether oxygens (including phenoxy) is 1. The molecule has 0 bridgehead atoms. The van der Waals surface area contributed by atoms with Gasteiger partial charge in [-0.25, -0.2) is 0 Å². The lowest BCUT2D eigenvalue weighted by Crippen LogP contribution is -2.47. The van der Waals surface area contributed by atoms with Crippen LogP contribution in [0.15, 0.2) is 24.3 Å². The van der Waals surface area contributed by atoms with Gasteiger partial charge in [-0.2, -0.15) is 0 Å². The number of amides is 3. The zero-order valence-electron chi connectivity index (χ0n) is 17.3. The second kappa shape index (κ2) is 9.56. The molecule has 1 unspecified atom stereocenters. The topological polar surface area (TPSA) is 111 Å². The first kappa shape index (κ1) is 22.4. The van der Waals surface area contributed by atoms with Gasteiger partial charge in [0.25, 0.3) is 11.8 Å². The average Bonchev–Trinajstić information content (AvgIpc) is 2.93. The van der Waals surface area contributed by atoms with Crippen molar-refractivity contribution in [2.75, 3.05) is 11.9 Å². The molecule has 0 aliphatic heterocycles. The number of hydrogen-bond donors (Lipinski definition) is 3. The first-order valence-corrected chi connectivity index (χ1v) is 10.2. The van der Waals surface area contributed by atoms with E-state index in [4.69, 9.17) is 10.5 Å². The van der Waals surface area contributed by atoms with Crippen molar-refractivity contribution in [3.63, 3.8) is 0 Å². The molecule has 29 heavy (non-hydrogen) atoms. The maximum absolute atomic E-state index is 12.9. The van der Waals surface area contributed by atoms with E-state index >= 15 is 0 Å². The average molecular weight is 418 g/mol. The number of primary amides is 1. The molecule has 1 aromatic carbocycles. The van der Waals surface area contributed by atoms with Crippen LogP contribution >= 0.6 is 11.3 Å². The smallest absolute Gasteiger partial charge is 0.251 e. The molecule has 2 aromatic rings. The van der Waals surface area contributed by atoms with Crippen LogP contribution in [0.3, 0.4) is 0 Å². The number of anilines is 1. The van der Waals surface area contributed by atoms with Crippen molar-refractivity contribution in [3.05, 3.63) is 45.8 Å². The van der Waals surface area contributed by atoms with Crippen molar-refractivity contribution < 1.29 is 19.1 Å². The lowest BCUT2D eigenvalue weighted by molar-refractivity contribution is -0.118. The largest absolute Gasteiger partial charge is 0.494 e. The molecule has 0 spiro atoms. The summed E-state index contributed by atoms with van der Waals surface area (Å²) in [7, 11) is 0. The third-order valence-corrected chi connectivity index (χ3v) is 5.65. The quantitative estimate of drug-likeness (QED) is 0.612. The van der Waals surface area contributed by atoms with Crippen molar-refractivity contribution >= 4 is 34.1 Å². The van der Waals surface area contributed by atoms with Crippen molar-refractivity contribution in [1.82, 2.24) is 5.32 Å². The Balaban J connectivity index is 2.17. The summed E-state index contributed by atoms with van der Waals surface area (Å²) >= 11 is 1.29. The van der Waals surface area contributed by atoms with Crippen LogP contribution < -0.4 is 21.1 Å². The lowest BCUT2D eigenvalue weighted by Gasteiger charge is -2.21. The number of aryl methyl sites for hydroxylation is 1. The second-order valence-electron chi connectivity index (χ2n) is 6.99.